The lowest BCUT2D eigenvalue weighted by Gasteiger charge is -2.43. The first-order chi connectivity index (χ1) is 9.59. The van der Waals surface area contributed by atoms with Crippen LogP contribution in [0.1, 0.15) is 31.2 Å². The van der Waals surface area contributed by atoms with Crippen molar-refractivity contribution in [1.82, 2.24) is 10.6 Å². The van der Waals surface area contributed by atoms with Gasteiger partial charge >= 0.3 is 0 Å². The molecule has 1 amide bonds. The Morgan fingerprint density at radius 2 is 2.05 bits per heavy atom. The van der Waals surface area contributed by atoms with Crippen LogP contribution in [0.15, 0.2) is 24.3 Å². The normalized spacial score (nSPS) is 27.9. The van der Waals surface area contributed by atoms with Gasteiger partial charge in [0.1, 0.15) is 0 Å². The molecule has 3 rings (SSSR count). The fourth-order valence-corrected chi connectivity index (χ4v) is 3.15. The highest BCUT2D eigenvalue weighted by Gasteiger charge is 2.42. The number of nitrogens with one attached hydrogen (secondary N) is 2. The highest BCUT2D eigenvalue weighted by atomic mass is 35.5. The average molecular weight is 295 g/mol. The van der Waals surface area contributed by atoms with Gasteiger partial charge in [0.05, 0.1) is 17.7 Å². The monoisotopic (exact) mass is 294 g/mol. The van der Waals surface area contributed by atoms with Crippen molar-refractivity contribution < 1.29 is 9.90 Å². The van der Waals surface area contributed by atoms with Crippen LogP contribution in [0.5, 0.6) is 0 Å². The molecular formula is C15H19ClN2O2. The lowest BCUT2D eigenvalue weighted by molar-refractivity contribution is -0.126. The quantitative estimate of drug-likeness (QED) is 0.793. The molecule has 5 heteroatoms. The first-order valence-electron chi connectivity index (χ1n) is 7.09. The number of carbonyl (C=O) groups excluding carboxylic acids is 1. The van der Waals surface area contributed by atoms with Crippen LogP contribution in [0, 0.1) is 0 Å². The number of amides is 1. The number of aliphatic hydroxyl groups excluding tert-OH is 1. The van der Waals surface area contributed by atoms with Gasteiger partial charge in [0.25, 0.3) is 0 Å². The number of hydrogen-bond donors (Lipinski definition) is 3. The van der Waals surface area contributed by atoms with Gasteiger partial charge in [-0.2, -0.15) is 0 Å². The molecule has 20 heavy (non-hydrogen) atoms. The molecule has 1 aromatic rings. The van der Waals surface area contributed by atoms with Gasteiger partial charge in [-0.15, -0.1) is 0 Å². The van der Waals surface area contributed by atoms with Gasteiger partial charge in [0, 0.05) is 11.6 Å². The molecule has 1 aliphatic carbocycles. The Kier molecular flexibility index (Phi) is 3.71. The first kappa shape index (κ1) is 13.9. The zero-order valence-corrected chi connectivity index (χ0v) is 12.0. The highest BCUT2D eigenvalue weighted by molar-refractivity contribution is 6.30. The molecule has 0 spiro atoms. The van der Waals surface area contributed by atoms with Crippen molar-refractivity contribution in [3.63, 3.8) is 0 Å². The Hall–Kier alpha value is -1.10. The maximum atomic E-state index is 12.3. The summed E-state index contributed by atoms with van der Waals surface area (Å²) in [5, 5.41) is 16.4. The van der Waals surface area contributed by atoms with E-state index in [1.807, 2.05) is 24.3 Å². The summed E-state index contributed by atoms with van der Waals surface area (Å²) in [4.78, 5) is 12.3. The number of halogens is 1. The summed E-state index contributed by atoms with van der Waals surface area (Å²) in [6, 6.07) is 7.41. The maximum absolute atomic E-state index is 12.3. The fourth-order valence-electron chi connectivity index (χ4n) is 3.02. The minimum absolute atomic E-state index is 0.0174. The van der Waals surface area contributed by atoms with Crippen LogP contribution in [0.2, 0.25) is 5.02 Å². The van der Waals surface area contributed by atoms with Crippen LogP contribution in [-0.4, -0.2) is 29.7 Å². The Morgan fingerprint density at radius 3 is 2.55 bits per heavy atom. The van der Waals surface area contributed by atoms with E-state index in [1.165, 1.54) is 0 Å². The second-order valence-corrected chi connectivity index (χ2v) is 6.22. The topological polar surface area (TPSA) is 61.4 Å². The predicted molar refractivity (Wildman–Crippen MR) is 77.5 cm³/mol. The molecule has 1 aromatic carbocycles. The van der Waals surface area contributed by atoms with Crippen molar-refractivity contribution in [1.29, 1.82) is 0 Å². The van der Waals surface area contributed by atoms with Gasteiger partial charge in [0.15, 0.2) is 0 Å². The minimum Gasteiger partial charge on any atom is -0.392 e. The van der Waals surface area contributed by atoms with Crippen molar-refractivity contribution in [2.24, 2.45) is 0 Å². The lowest BCUT2D eigenvalue weighted by Crippen LogP contribution is -2.55. The number of β-amino-alcohol motifs (C(OH)–C–C–N with tert-alkyl or cyclic N) is 1. The van der Waals surface area contributed by atoms with E-state index in [2.05, 4.69) is 10.6 Å². The van der Waals surface area contributed by atoms with Crippen molar-refractivity contribution in [3.05, 3.63) is 34.9 Å². The van der Waals surface area contributed by atoms with Crippen molar-refractivity contribution in [2.45, 2.75) is 43.4 Å². The predicted octanol–water partition coefficient (Wildman–Crippen LogP) is 1.56. The third kappa shape index (κ3) is 2.55. The number of carbonyl (C=O) groups is 1. The van der Waals surface area contributed by atoms with E-state index in [0.29, 0.717) is 18.0 Å². The maximum Gasteiger partial charge on any atom is 0.237 e. The summed E-state index contributed by atoms with van der Waals surface area (Å²) in [5.41, 5.74) is 0.858. The molecule has 3 N–H and O–H groups in total. The van der Waals surface area contributed by atoms with E-state index >= 15 is 0 Å². The van der Waals surface area contributed by atoms with Crippen LogP contribution in [0.25, 0.3) is 0 Å². The van der Waals surface area contributed by atoms with Crippen molar-refractivity contribution in [2.75, 3.05) is 6.54 Å². The molecule has 1 saturated carbocycles. The molecule has 0 aromatic heterocycles. The Balaban J connectivity index is 1.73. The Bertz CT molecular complexity index is 499. The molecule has 1 heterocycles. The third-order valence-electron chi connectivity index (χ3n) is 4.39. The van der Waals surface area contributed by atoms with E-state index < -0.39 is 6.10 Å². The van der Waals surface area contributed by atoms with E-state index in [9.17, 15) is 9.90 Å². The Labute approximate surface area is 123 Å². The van der Waals surface area contributed by atoms with Crippen molar-refractivity contribution >= 4 is 17.5 Å². The second-order valence-electron chi connectivity index (χ2n) is 5.78. The molecular weight excluding hydrogens is 276 g/mol. The average Bonchev–Trinajstić information content (AvgIpc) is 2.82. The smallest absolute Gasteiger partial charge is 0.237 e. The summed E-state index contributed by atoms with van der Waals surface area (Å²) in [7, 11) is 0. The standard InChI is InChI=1S/C15H19ClN2O2/c16-11-4-2-10(3-5-11)15(6-1-7-15)18-14(20)13-8-12(19)9-17-13/h2-5,12-13,17,19H,1,6-9H2,(H,18,20)/t12-,13-/m1/s1. The molecule has 2 atom stereocenters. The zero-order chi connectivity index (χ0) is 14.2. The summed E-state index contributed by atoms with van der Waals surface area (Å²) in [6.07, 6.45) is 3.09. The van der Waals surface area contributed by atoms with E-state index in [1.54, 1.807) is 0 Å². The molecule has 2 aliphatic rings. The molecule has 0 bridgehead atoms. The molecule has 0 radical (unpaired) electrons. The van der Waals surface area contributed by atoms with Crippen LogP contribution >= 0.6 is 11.6 Å². The number of aliphatic hydroxyl groups is 1. The lowest BCUT2D eigenvalue weighted by atomic mass is 9.71. The molecule has 108 valence electrons. The molecule has 0 unspecified atom stereocenters. The summed E-state index contributed by atoms with van der Waals surface area (Å²) < 4.78 is 0. The SMILES string of the molecule is O=C(NC1(c2ccc(Cl)cc2)CCC1)[C@H]1C[C@@H](O)CN1. The van der Waals surface area contributed by atoms with Gasteiger partial charge in [-0.05, 0) is 43.4 Å². The molecule has 1 saturated heterocycles. The molecule has 2 fully saturated rings. The first-order valence-corrected chi connectivity index (χ1v) is 7.46. The third-order valence-corrected chi connectivity index (χ3v) is 4.64. The molecule has 1 aliphatic heterocycles. The van der Waals surface area contributed by atoms with Crippen LogP contribution < -0.4 is 10.6 Å². The Morgan fingerprint density at radius 1 is 1.35 bits per heavy atom. The van der Waals surface area contributed by atoms with Crippen molar-refractivity contribution in [3.8, 4) is 0 Å². The van der Waals surface area contributed by atoms with E-state index in [4.69, 9.17) is 11.6 Å². The summed E-state index contributed by atoms with van der Waals surface area (Å²) in [6.45, 7) is 0.492. The molecule has 4 nitrogen and oxygen atoms in total. The fraction of sp³-hybridized carbons (Fsp3) is 0.533. The van der Waals surface area contributed by atoms with Gasteiger partial charge in [-0.1, -0.05) is 23.7 Å². The van der Waals surface area contributed by atoms with Crippen LogP contribution in [0.4, 0.5) is 0 Å². The summed E-state index contributed by atoms with van der Waals surface area (Å²) in [5.74, 6) is -0.0174. The number of hydrogen-bond acceptors (Lipinski definition) is 3. The number of benzene rings is 1. The second kappa shape index (κ2) is 5.35. The zero-order valence-electron chi connectivity index (χ0n) is 11.2. The van der Waals surface area contributed by atoms with E-state index in [-0.39, 0.29) is 17.5 Å². The van der Waals surface area contributed by atoms with Gasteiger partial charge in [-0.25, -0.2) is 0 Å². The minimum atomic E-state index is -0.418. The van der Waals surface area contributed by atoms with Crippen LogP contribution in [-0.2, 0) is 10.3 Å². The van der Waals surface area contributed by atoms with E-state index in [0.717, 1.165) is 24.8 Å². The number of rotatable bonds is 3. The van der Waals surface area contributed by atoms with Gasteiger partial charge in [0.2, 0.25) is 5.91 Å². The largest absolute Gasteiger partial charge is 0.392 e. The van der Waals surface area contributed by atoms with Crippen LogP contribution in [0.3, 0.4) is 0 Å². The van der Waals surface area contributed by atoms with Gasteiger partial charge in [-0.3, -0.25) is 4.79 Å². The van der Waals surface area contributed by atoms with Gasteiger partial charge < -0.3 is 15.7 Å². The highest BCUT2D eigenvalue weighted by Crippen LogP contribution is 2.41. The summed E-state index contributed by atoms with van der Waals surface area (Å²) >= 11 is 5.92.